The van der Waals surface area contributed by atoms with Gasteiger partial charge in [-0.05, 0) is 25.3 Å². The summed E-state index contributed by atoms with van der Waals surface area (Å²) in [5, 5.41) is 0. The van der Waals surface area contributed by atoms with Gasteiger partial charge in [0, 0.05) is 30.6 Å². The first-order valence-electron chi connectivity index (χ1n) is 8.79. The molecule has 4 unspecified atom stereocenters. The SMILES string of the molecule is C=CCOC1C=CC(CN2C3COCC2CC(N)C3)=C(C)C1C. The molecule has 2 fully saturated rings. The van der Waals surface area contributed by atoms with E-state index in [9.17, 15) is 0 Å². The van der Waals surface area contributed by atoms with Gasteiger partial charge in [-0.15, -0.1) is 6.58 Å². The Hall–Kier alpha value is -0.940. The van der Waals surface area contributed by atoms with Gasteiger partial charge in [-0.3, -0.25) is 4.90 Å². The van der Waals surface area contributed by atoms with Crippen molar-refractivity contribution in [2.24, 2.45) is 11.7 Å². The molecule has 128 valence electrons. The van der Waals surface area contributed by atoms with Gasteiger partial charge in [-0.2, -0.15) is 0 Å². The molecule has 4 heteroatoms. The minimum absolute atomic E-state index is 0.161. The molecule has 0 aromatic heterocycles. The van der Waals surface area contributed by atoms with Crippen molar-refractivity contribution in [1.29, 1.82) is 0 Å². The third-order valence-corrected chi connectivity index (χ3v) is 5.64. The summed E-state index contributed by atoms with van der Waals surface area (Å²) in [5.41, 5.74) is 9.08. The number of hydrogen-bond acceptors (Lipinski definition) is 4. The Balaban J connectivity index is 1.69. The van der Waals surface area contributed by atoms with Crippen LogP contribution in [0, 0.1) is 5.92 Å². The lowest BCUT2D eigenvalue weighted by Gasteiger charge is -2.48. The first kappa shape index (κ1) is 16.9. The van der Waals surface area contributed by atoms with Crippen LogP contribution in [0.15, 0.2) is 36.0 Å². The molecule has 0 spiro atoms. The Bertz CT molecular complexity index is 486. The van der Waals surface area contributed by atoms with Gasteiger partial charge in [0.25, 0.3) is 0 Å². The second-order valence-electron chi connectivity index (χ2n) is 7.19. The molecule has 0 amide bonds. The van der Waals surface area contributed by atoms with E-state index in [0.29, 0.717) is 30.7 Å². The molecule has 2 bridgehead atoms. The lowest BCUT2D eigenvalue weighted by molar-refractivity contribution is -0.0730. The predicted molar refractivity (Wildman–Crippen MR) is 93.3 cm³/mol. The minimum Gasteiger partial charge on any atom is -0.378 e. The molecule has 2 heterocycles. The normalized spacial score (nSPS) is 38.0. The van der Waals surface area contributed by atoms with Crippen molar-refractivity contribution < 1.29 is 9.47 Å². The molecular formula is C19H30N2O2. The molecule has 23 heavy (non-hydrogen) atoms. The lowest BCUT2D eigenvalue weighted by Crippen LogP contribution is -2.59. The number of nitrogens with two attached hydrogens (primary N) is 1. The van der Waals surface area contributed by atoms with E-state index in [1.54, 1.807) is 0 Å². The van der Waals surface area contributed by atoms with Crippen molar-refractivity contribution in [3.8, 4) is 0 Å². The Labute approximate surface area is 140 Å². The maximum atomic E-state index is 6.20. The van der Waals surface area contributed by atoms with Crippen LogP contribution in [0.5, 0.6) is 0 Å². The molecule has 1 aliphatic carbocycles. The molecule has 0 radical (unpaired) electrons. The van der Waals surface area contributed by atoms with Gasteiger partial charge >= 0.3 is 0 Å². The zero-order valence-electron chi connectivity index (χ0n) is 14.4. The number of piperidine rings is 1. The van der Waals surface area contributed by atoms with Crippen molar-refractivity contribution in [2.75, 3.05) is 26.4 Å². The van der Waals surface area contributed by atoms with E-state index in [2.05, 4.69) is 37.5 Å². The number of nitrogens with zero attached hydrogens (tertiary/aromatic N) is 1. The van der Waals surface area contributed by atoms with E-state index in [4.69, 9.17) is 15.2 Å². The van der Waals surface area contributed by atoms with Gasteiger partial charge in [0.2, 0.25) is 0 Å². The Morgan fingerprint density at radius 2 is 2.09 bits per heavy atom. The highest BCUT2D eigenvalue weighted by Crippen LogP contribution is 2.32. The highest BCUT2D eigenvalue weighted by Gasteiger charge is 2.38. The van der Waals surface area contributed by atoms with Crippen LogP contribution >= 0.6 is 0 Å². The molecule has 3 rings (SSSR count). The molecule has 4 nitrogen and oxygen atoms in total. The summed E-state index contributed by atoms with van der Waals surface area (Å²) in [7, 11) is 0. The Kier molecular flexibility index (Phi) is 5.37. The largest absolute Gasteiger partial charge is 0.378 e. The summed E-state index contributed by atoms with van der Waals surface area (Å²) < 4.78 is 11.6. The van der Waals surface area contributed by atoms with Crippen LogP contribution < -0.4 is 5.73 Å². The molecular weight excluding hydrogens is 288 g/mol. The van der Waals surface area contributed by atoms with Crippen LogP contribution in [-0.4, -0.2) is 55.5 Å². The topological polar surface area (TPSA) is 47.7 Å². The summed E-state index contributed by atoms with van der Waals surface area (Å²) in [6.45, 7) is 11.5. The molecule has 2 N–H and O–H groups in total. The quantitative estimate of drug-likeness (QED) is 0.790. The molecule has 2 aliphatic heterocycles. The summed E-state index contributed by atoms with van der Waals surface area (Å²) in [6.07, 6.45) is 8.54. The molecule has 0 aromatic carbocycles. The van der Waals surface area contributed by atoms with Crippen LogP contribution in [0.2, 0.25) is 0 Å². The third kappa shape index (κ3) is 3.61. The summed E-state index contributed by atoms with van der Waals surface area (Å²) in [5.74, 6) is 0.415. The van der Waals surface area contributed by atoms with Crippen molar-refractivity contribution in [3.05, 3.63) is 36.0 Å². The van der Waals surface area contributed by atoms with E-state index in [-0.39, 0.29) is 6.10 Å². The average molecular weight is 318 g/mol. The maximum absolute atomic E-state index is 6.20. The number of ether oxygens (including phenoxy) is 2. The average Bonchev–Trinajstić information content (AvgIpc) is 2.52. The molecule has 4 atom stereocenters. The van der Waals surface area contributed by atoms with Gasteiger partial charge in [0.1, 0.15) is 0 Å². The predicted octanol–water partition coefficient (Wildman–Crippen LogP) is 2.27. The Morgan fingerprint density at radius 1 is 1.39 bits per heavy atom. The summed E-state index contributed by atoms with van der Waals surface area (Å²) in [6, 6.07) is 1.27. The highest BCUT2D eigenvalue weighted by atomic mass is 16.5. The maximum Gasteiger partial charge on any atom is 0.0825 e. The first-order chi connectivity index (χ1) is 11.1. The smallest absolute Gasteiger partial charge is 0.0825 e. The highest BCUT2D eigenvalue weighted by molar-refractivity contribution is 5.34. The Morgan fingerprint density at radius 3 is 2.74 bits per heavy atom. The van der Waals surface area contributed by atoms with Crippen LogP contribution in [-0.2, 0) is 9.47 Å². The van der Waals surface area contributed by atoms with Crippen LogP contribution in [0.1, 0.15) is 26.7 Å². The van der Waals surface area contributed by atoms with Crippen LogP contribution in [0.4, 0.5) is 0 Å². The van der Waals surface area contributed by atoms with Gasteiger partial charge in [0.05, 0.1) is 25.9 Å². The van der Waals surface area contributed by atoms with E-state index in [0.717, 1.165) is 32.6 Å². The van der Waals surface area contributed by atoms with Crippen LogP contribution in [0.3, 0.4) is 0 Å². The lowest BCUT2D eigenvalue weighted by atomic mass is 9.85. The zero-order chi connectivity index (χ0) is 16.4. The second kappa shape index (κ2) is 7.31. The van der Waals surface area contributed by atoms with Crippen LogP contribution in [0.25, 0.3) is 0 Å². The third-order valence-electron chi connectivity index (χ3n) is 5.64. The zero-order valence-corrected chi connectivity index (χ0v) is 14.4. The fourth-order valence-corrected chi connectivity index (χ4v) is 4.09. The van der Waals surface area contributed by atoms with Gasteiger partial charge < -0.3 is 15.2 Å². The number of morpholine rings is 1. The fraction of sp³-hybridized carbons (Fsp3) is 0.684. The standard InChI is InChI=1S/C19H30N2O2/c1-4-7-23-19-6-5-15(13(2)14(19)3)10-21-17-8-16(20)9-18(21)12-22-11-17/h4-6,14,16-19H,1,7-12,20H2,2-3H3. The first-order valence-corrected chi connectivity index (χ1v) is 8.79. The van der Waals surface area contributed by atoms with E-state index >= 15 is 0 Å². The molecule has 2 saturated heterocycles. The van der Waals surface area contributed by atoms with E-state index < -0.39 is 0 Å². The molecule has 0 saturated carbocycles. The van der Waals surface area contributed by atoms with Gasteiger partial charge in [0.15, 0.2) is 0 Å². The number of hydrogen-bond donors (Lipinski definition) is 1. The van der Waals surface area contributed by atoms with E-state index in [1.165, 1.54) is 11.1 Å². The van der Waals surface area contributed by atoms with Crippen molar-refractivity contribution in [2.45, 2.75) is 50.9 Å². The minimum atomic E-state index is 0.161. The number of rotatable bonds is 5. The van der Waals surface area contributed by atoms with Crippen molar-refractivity contribution in [1.82, 2.24) is 4.90 Å². The van der Waals surface area contributed by atoms with Gasteiger partial charge in [-0.25, -0.2) is 0 Å². The summed E-state index contributed by atoms with van der Waals surface area (Å²) >= 11 is 0. The second-order valence-corrected chi connectivity index (χ2v) is 7.19. The number of fused-ring (bicyclic) bond motifs is 2. The van der Waals surface area contributed by atoms with Crippen molar-refractivity contribution in [3.63, 3.8) is 0 Å². The molecule has 3 aliphatic rings. The van der Waals surface area contributed by atoms with E-state index in [1.807, 2.05) is 6.08 Å². The summed E-state index contributed by atoms with van der Waals surface area (Å²) in [4.78, 5) is 2.62. The van der Waals surface area contributed by atoms with Crippen molar-refractivity contribution >= 4 is 0 Å². The van der Waals surface area contributed by atoms with Gasteiger partial charge in [-0.1, -0.05) is 30.7 Å². The fourth-order valence-electron chi connectivity index (χ4n) is 4.09. The molecule has 0 aromatic rings. The monoisotopic (exact) mass is 318 g/mol.